The fourth-order valence-electron chi connectivity index (χ4n) is 2.37. The Kier molecular flexibility index (Phi) is 3.88. The Labute approximate surface area is 126 Å². The lowest BCUT2D eigenvalue weighted by Gasteiger charge is -2.06. The third-order valence-corrected chi connectivity index (χ3v) is 3.40. The number of aromatic amines is 1. The molecule has 7 heteroatoms. The highest BCUT2D eigenvalue weighted by Crippen LogP contribution is 2.15. The molecule has 1 aromatic carbocycles. The Morgan fingerprint density at radius 3 is 3.05 bits per heavy atom. The summed E-state index contributed by atoms with van der Waals surface area (Å²) >= 11 is 0. The largest absolute Gasteiger partial charge is 0.497 e. The molecule has 0 atom stereocenters. The Morgan fingerprint density at radius 2 is 2.27 bits per heavy atom. The molecule has 3 rings (SSSR count). The number of fused-ring (bicyclic) bond motifs is 1. The van der Waals surface area contributed by atoms with Gasteiger partial charge in [-0.15, -0.1) is 0 Å². The number of nitrogens with one attached hydrogen (secondary N) is 1. The van der Waals surface area contributed by atoms with E-state index in [1.807, 2.05) is 24.3 Å². The fraction of sp³-hybridized carbons (Fsp3) is 0.267. The van der Waals surface area contributed by atoms with Gasteiger partial charge in [0.15, 0.2) is 11.2 Å². The maximum Gasteiger partial charge on any atom is 0.277 e. The van der Waals surface area contributed by atoms with Gasteiger partial charge < -0.3 is 20.0 Å². The van der Waals surface area contributed by atoms with Crippen LogP contribution in [0, 0.1) is 0 Å². The van der Waals surface area contributed by atoms with E-state index in [0.29, 0.717) is 36.5 Å². The van der Waals surface area contributed by atoms with E-state index in [1.54, 1.807) is 18.0 Å². The minimum Gasteiger partial charge on any atom is -0.497 e. The van der Waals surface area contributed by atoms with Crippen molar-refractivity contribution in [3.63, 3.8) is 0 Å². The quantitative estimate of drug-likeness (QED) is 0.721. The fourth-order valence-corrected chi connectivity index (χ4v) is 2.37. The third kappa shape index (κ3) is 2.71. The molecule has 2 heterocycles. The van der Waals surface area contributed by atoms with Crippen LogP contribution in [0.2, 0.25) is 0 Å². The van der Waals surface area contributed by atoms with E-state index in [1.165, 1.54) is 0 Å². The summed E-state index contributed by atoms with van der Waals surface area (Å²) < 4.78 is 6.99. The van der Waals surface area contributed by atoms with Gasteiger partial charge in [-0.2, -0.15) is 0 Å². The average Bonchev–Trinajstić information content (AvgIpc) is 2.91. The molecule has 0 fully saturated rings. The molecule has 0 amide bonds. The number of aromatic nitrogens is 4. The van der Waals surface area contributed by atoms with E-state index >= 15 is 0 Å². The molecule has 2 aromatic heterocycles. The van der Waals surface area contributed by atoms with E-state index in [0.717, 1.165) is 11.3 Å². The van der Waals surface area contributed by atoms with Crippen molar-refractivity contribution in [3.8, 4) is 5.75 Å². The average molecular weight is 299 g/mol. The number of imidazole rings is 1. The second kappa shape index (κ2) is 5.98. The maximum absolute atomic E-state index is 12.2. The van der Waals surface area contributed by atoms with Gasteiger partial charge in [0.2, 0.25) is 0 Å². The van der Waals surface area contributed by atoms with Gasteiger partial charge in [-0.25, -0.2) is 9.97 Å². The highest BCUT2D eigenvalue weighted by atomic mass is 16.5. The summed E-state index contributed by atoms with van der Waals surface area (Å²) in [5.41, 5.74) is 7.21. The van der Waals surface area contributed by atoms with Crippen molar-refractivity contribution in [1.29, 1.82) is 0 Å². The van der Waals surface area contributed by atoms with E-state index in [4.69, 9.17) is 10.5 Å². The second-order valence-corrected chi connectivity index (χ2v) is 4.95. The van der Waals surface area contributed by atoms with Gasteiger partial charge >= 0.3 is 0 Å². The molecule has 114 valence electrons. The molecule has 0 aliphatic heterocycles. The van der Waals surface area contributed by atoms with Crippen molar-refractivity contribution < 1.29 is 4.74 Å². The predicted molar refractivity (Wildman–Crippen MR) is 83.0 cm³/mol. The van der Waals surface area contributed by atoms with Crippen molar-refractivity contribution in [2.45, 2.75) is 13.0 Å². The van der Waals surface area contributed by atoms with E-state index in [2.05, 4.69) is 15.0 Å². The van der Waals surface area contributed by atoms with Crippen LogP contribution in [0.4, 0.5) is 0 Å². The molecule has 0 aliphatic rings. The molecule has 0 saturated heterocycles. The Hall–Kier alpha value is -2.67. The van der Waals surface area contributed by atoms with Gasteiger partial charge in [0.05, 0.1) is 13.4 Å². The summed E-state index contributed by atoms with van der Waals surface area (Å²) in [7, 11) is 1.62. The van der Waals surface area contributed by atoms with E-state index in [9.17, 15) is 4.79 Å². The number of methoxy groups -OCH3 is 1. The molecule has 3 aromatic rings. The molecule has 0 bridgehead atoms. The minimum atomic E-state index is -0.200. The van der Waals surface area contributed by atoms with Crippen molar-refractivity contribution in [1.82, 2.24) is 19.5 Å². The van der Waals surface area contributed by atoms with Crippen LogP contribution in [-0.2, 0) is 13.0 Å². The first-order valence-electron chi connectivity index (χ1n) is 6.98. The smallest absolute Gasteiger partial charge is 0.277 e. The van der Waals surface area contributed by atoms with Gasteiger partial charge in [-0.05, 0) is 24.2 Å². The number of ether oxygens (including phenoxy) is 1. The highest BCUT2D eigenvalue weighted by molar-refractivity contribution is 5.69. The minimum absolute atomic E-state index is 0.200. The number of nitrogens with zero attached hydrogens (tertiary/aromatic N) is 3. The lowest BCUT2D eigenvalue weighted by molar-refractivity contribution is 0.414. The van der Waals surface area contributed by atoms with Crippen LogP contribution in [0.25, 0.3) is 11.2 Å². The summed E-state index contributed by atoms with van der Waals surface area (Å²) in [6, 6.07) is 7.69. The van der Waals surface area contributed by atoms with Crippen LogP contribution in [0.1, 0.15) is 11.4 Å². The van der Waals surface area contributed by atoms with E-state index < -0.39 is 0 Å². The molecule has 22 heavy (non-hydrogen) atoms. The van der Waals surface area contributed by atoms with Crippen LogP contribution in [0.15, 0.2) is 35.4 Å². The van der Waals surface area contributed by atoms with Crippen LogP contribution in [0.3, 0.4) is 0 Å². The molecule has 7 nitrogen and oxygen atoms in total. The first kappa shape index (κ1) is 14.3. The molecule has 0 saturated carbocycles. The SMILES string of the molecule is COc1cccc(Cn2cnc3nc(CCN)[nH]c(=O)c32)c1. The molecule has 3 N–H and O–H groups in total. The Bertz CT molecular complexity index is 853. The zero-order valence-electron chi connectivity index (χ0n) is 12.2. The van der Waals surface area contributed by atoms with Crippen molar-refractivity contribution >= 4 is 11.2 Å². The van der Waals surface area contributed by atoms with Crippen LogP contribution < -0.4 is 16.0 Å². The summed E-state index contributed by atoms with van der Waals surface area (Å²) in [5, 5.41) is 0. The number of H-pyrrole nitrogens is 1. The van der Waals surface area contributed by atoms with Crippen molar-refractivity contribution in [3.05, 3.63) is 52.3 Å². The summed E-state index contributed by atoms with van der Waals surface area (Å²) in [5.74, 6) is 1.34. The topological polar surface area (TPSA) is 98.8 Å². The summed E-state index contributed by atoms with van der Waals surface area (Å²) in [6.07, 6.45) is 2.15. The van der Waals surface area contributed by atoms with Crippen molar-refractivity contribution in [2.24, 2.45) is 5.73 Å². The van der Waals surface area contributed by atoms with Crippen LogP contribution >= 0.6 is 0 Å². The zero-order valence-corrected chi connectivity index (χ0v) is 12.2. The molecular formula is C15H17N5O2. The van der Waals surface area contributed by atoms with E-state index in [-0.39, 0.29) is 5.56 Å². The first-order valence-corrected chi connectivity index (χ1v) is 6.98. The normalized spacial score (nSPS) is 11.0. The lowest BCUT2D eigenvalue weighted by atomic mass is 10.2. The maximum atomic E-state index is 12.2. The van der Waals surface area contributed by atoms with Gasteiger partial charge in [0, 0.05) is 13.0 Å². The predicted octanol–water partition coefficient (Wildman–Crippen LogP) is 0.678. The third-order valence-electron chi connectivity index (χ3n) is 3.40. The molecule has 0 aliphatic carbocycles. The number of hydrogen-bond donors (Lipinski definition) is 2. The standard InChI is InChI=1S/C15H17N5O2/c1-22-11-4-2-3-10(7-11)8-20-9-17-14-13(20)15(21)19-12(18-14)5-6-16/h2-4,7,9H,5-6,8,16H2,1H3,(H,18,19,21). The van der Waals surface area contributed by atoms with Crippen LogP contribution in [0.5, 0.6) is 5.75 Å². The second-order valence-electron chi connectivity index (χ2n) is 4.95. The van der Waals surface area contributed by atoms with Crippen molar-refractivity contribution in [2.75, 3.05) is 13.7 Å². The van der Waals surface area contributed by atoms with Crippen LogP contribution in [-0.4, -0.2) is 33.2 Å². The van der Waals surface area contributed by atoms with Gasteiger partial charge in [-0.1, -0.05) is 12.1 Å². The molecule has 0 spiro atoms. The summed E-state index contributed by atoms with van der Waals surface area (Å²) in [4.78, 5) is 23.6. The first-order chi connectivity index (χ1) is 10.7. The number of nitrogens with two attached hydrogens (primary N) is 1. The molecule has 0 radical (unpaired) electrons. The number of benzene rings is 1. The highest BCUT2D eigenvalue weighted by Gasteiger charge is 2.11. The molecular weight excluding hydrogens is 282 g/mol. The number of rotatable bonds is 5. The van der Waals surface area contributed by atoms with Gasteiger partial charge in [0.25, 0.3) is 5.56 Å². The van der Waals surface area contributed by atoms with Gasteiger partial charge in [0.1, 0.15) is 11.6 Å². The monoisotopic (exact) mass is 299 g/mol. The lowest BCUT2D eigenvalue weighted by Crippen LogP contribution is -2.17. The number of hydrogen-bond acceptors (Lipinski definition) is 5. The Morgan fingerprint density at radius 1 is 1.41 bits per heavy atom. The zero-order chi connectivity index (χ0) is 15.5. The summed E-state index contributed by atoms with van der Waals surface area (Å²) in [6.45, 7) is 0.952. The van der Waals surface area contributed by atoms with Gasteiger partial charge in [-0.3, -0.25) is 4.79 Å². The Balaban J connectivity index is 1.99. The molecule has 0 unspecified atom stereocenters.